The van der Waals surface area contributed by atoms with Gasteiger partial charge in [-0.15, -0.1) is 0 Å². The molecule has 1 aromatic carbocycles. The van der Waals surface area contributed by atoms with Crippen LogP contribution in [-0.4, -0.2) is 65.8 Å². The summed E-state index contributed by atoms with van der Waals surface area (Å²) in [6.45, 7) is 17.2. The maximum atomic E-state index is 13.7. The van der Waals surface area contributed by atoms with Gasteiger partial charge in [-0.2, -0.15) is 0 Å². The van der Waals surface area contributed by atoms with Gasteiger partial charge < -0.3 is 19.5 Å². The Kier molecular flexibility index (Phi) is 9.68. The van der Waals surface area contributed by atoms with Crippen molar-refractivity contribution < 1.29 is 24.2 Å². The molecule has 2 aliphatic rings. The maximum absolute atomic E-state index is 13.7. The van der Waals surface area contributed by atoms with E-state index in [4.69, 9.17) is 9.47 Å². The standard InChI is InChI=1S/C30H46N2O5/c1-8-10-14-31(15-11-9-2)25(33)18-32-17-22(21-12-13-23-24(16-21)37-19-36-23)26(29(34)35)28(32)27(20(3)4)30(5,6)7/h12-13,16,22,26,28H,8-11,14-15,17-19H2,1-7H3,(H,34,35)/t22-,26+,28+/m1/s1. The zero-order valence-corrected chi connectivity index (χ0v) is 23.8. The first-order valence-corrected chi connectivity index (χ1v) is 13.8. The molecular formula is C30H46N2O5. The SMILES string of the molecule is CCCCN(CCCC)C(=O)CN1C[C@H](c2ccc3c(c2)OCO3)[C@H](C(=O)O)[C@H]1C(=C(C)C)C(C)(C)C. The van der Waals surface area contributed by atoms with Gasteiger partial charge in [0.15, 0.2) is 11.5 Å². The monoisotopic (exact) mass is 514 g/mol. The van der Waals surface area contributed by atoms with Crippen molar-refractivity contribution in [2.45, 2.75) is 86.1 Å². The molecule has 206 valence electrons. The second-order valence-corrected chi connectivity index (χ2v) is 11.7. The summed E-state index contributed by atoms with van der Waals surface area (Å²) in [5, 5.41) is 10.6. The summed E-state index contributed by atoms with van der Waals surface area (Å²) in [4.78, 5) is 30.7. The van der Waals surface area contributed by atoms with Crippen LogP contribution in [0, 0.1) is 11.3 Å². The quantitative estimate of drug-likeness (QED) is 0.382. The Balaban J connectivity index is 2.03. The van der Waals surface area contributed by atoms with Crippen molar-refractivity contribution in [3.63, 3.8) is 0 Å². The van der Waals surface area contributed by atoms with E-state index in [2.05, 4.69) is 53.4 Å². The molecule has 0 saturated carbocycles. The Labute approximate surface area is 222 Å². The Morgan fingerprint density at radius 1 is 1.05 bits per heavy atom. The maximum Gasteiger partial charge on any atom is 0.309 e. The minimum atomic E-state index is -0.834. The number of carbonyl (C=O) groups excluding carboxylic acids is 1. The third-order valence-electron chi connectivity index (χ3n) is 7.60. The predicted molar refractivity (Wildman–Crippen MR) is 146 cm³/mol. The first-order chi connectivity index (χ1) is 17.5. The average Bonchev–Trinajstić information content (AvgIpc) is 3.42. The molecule has 3 rings (SSSR count). The van der Waals surface area contributed by atoms with Crippen molar-refractivity contribution in [2.75, 3.05) is 33.0 Å². The van der Waals surface area contributed by atoms with Crippen LogP contribution in [0.15, 0.2) is 29.3 Å². The summed E-state index contributed by atoms with van der Waals surface area (Å²) in [6, 6.07) is 5.35. The van der Waals surface area contributed by atoms with E-state index in [0.717, 1.165) is 55.5 Å². The summed E-state index contributed by atoms with van der Waals surface area (Å²) >= 11 is 0. The molecule has 0 spiro atoms. The molecule has 0 bridgehead atoms. The van der Waals surface area contributed by atoms with Crippen LogP contribution in [0.4, 0.5) is 0 Å². The second kappa shape index (κ2) is 12.3. The summed E-state index contributed by atoms with van der Waals surface area (Å²) in [7, 11) is 0. The van der Waals surface area contributed by atoms with E-state index in [-0.39, 0.29) is 36.6 Å². The van der Waals surface area contributed by atoms with Crippen LogP contribution in [0.1, 0.15) is 85.6 Å². The number of rotatable bonds is 11. The molecule has 0 radical (unpaired) electrons. The Morgan fingerprint density at radius 2 is 1.68 bits per heavy atom. The fourth-order valence-electron chi connectivity index (χ4n) is 6.04. The third-order valence-corrected chi connectivity index (χ3v) is 7.60. The van der Waals surface area contributed by atoms with Crippen LogP contribution in [0.3, 0.4) is 0 Å². The zero-order valence-electron chi connectivity index (χ0n) is 23.8. The van der Waals surface area contributed by atoms with Crippen LogP contribution in [-0.2, 0) is 9.59 Å². The number of carbonyl (C=O) groups is 2. The van der Waals surface area contributed by atoms with E-state index in [1.54, 1.807) is 0 Å². The van der Waals surface area contributed by atoms with Crippen LogP contribution >= 0.6 is 0 Å². The van der Waals surface area contributed by atoms with E-state index in [9.17, 15) is 14.7 Å². The van der Waals surface area contributed by atoms with Gasteiger partial charge in [-0.25, -0.2) is 0 Å². The van der Waals surface area contributed by atoms with E-state index in [1.807, 2.05) is 23.1 Å². The Morgan fingerprint density at radius 3 is 2.22 bits per heavy atom. The molecule has 1 fully saturated rings. The average molecular weight is 515 g/mol. The van der Waals surface area contributed by atoms with E-state index in [0.29, 0.717) is 18.0 Å². The molecule has 2 heterocycles. The number of ether oxygens (including phenoxy) is 2. The van der Waals surface area contributed by atoms with Crippen LogP contribution < -0.4 is 9.47 Å². The highest BCUT2D eigenvalue weighted by Gasteiger charge is 2.50. The number of nitrogens with zero attached hydrogens (tertiary/aromatic N) is 2. The van der Waals surface area contributed by atoms with E-state index in [1.165, 1.54) is 0 Å². The minimum Gasteiger partial charge on any atom is -0.481 e. The molecule has 1 N–H and O–H groups in total. The predicted octanol–water partition coefficient (Wildman–Crippen LogP) is 5.70. The Bertz CT molecular complexity index is 984. The van der Waals surface area contributed by atoms with E-state index < -0.39 is 11.9 Å². The van der Waals surface area contributed by atoms with Gasteiger partial charge in [-0.1, -0.05) is 59.1 Å². The molecule has 0 aromatic heterocycles. The number of aliphatic carboxylic acids is 1. The van der Waals surface area contributed by atoms with Crippen molar-refractivity contribution >= 4 is 11.9 Å². The lowest BCUT2D eigenvalue weighted by molar-refractivity contribution is -0.143. The molecule has 7 heteroatoms. The molecule has 1 amide bonds. The number of fused-ring (bicyclic) bond motifs is 1. The van der Waals surface area contributed by atoms with Crippen molar-refractivity contribution in [3.05, 3.63) is 34.9 Å². The lowest BCUT2D eigenvalue weighted by Gasteiger charge is -2.37. The van der Waals surface area contributed by atoms with Gasteiger partial charge >= 0.3 is 5.97 Å². The molecule has 0 aliphatic carbocycles. The van der Waals surface area contributed by atoms with Gasteiger partial charge in [-0.05, 0) is 55.4 Å². The normalized spacial score (nSPS) is 21.2. The summed E-state index contributed by atoms with van der Waals surface area (Å²) in [5.41, 5.74) is 2.88. The van der Waals surface area contributed by atoms with Crippen LogP contribution in [0.25, 0.3) is 0 Å². The highest BCUT2D eigenvalue weighted by molar-refractivity contribution is 5.79. The van der Waals surface area contributed by atoms with Gasteiger partial charge in [0.05, 0.1) is 12.5 Å². The number of benzene rings is 1. The molecule has 2 aliphatic heterocycles. The summed E-state index contributed by atoms with van der Waals surface area (Å²) < 4.78 is 11.1. The number of carboxylic acids is 1. The molecule has 3 atom stereocenters. The topological polar surface area (TPSA) is 79.3 Å². The fraction of sp³-hybridized carbons (Fsp3) is 0.667. The van der Waals surface area contributed by atoms with Crippen LogP contribution in [0.5, 0.6) is 11.5 Å². The molecule has 37 heavy (non-hydrogen) atoms. The fourth-order valence-corrected chi connectivity index (χ4v) is 6.04. The van der Waals surface area contributed by atoms with Gasteiger partial charge in [0, 0.05) is 31.6 Å². The minimum absolute atomic E-state index is 0.0874. The molecule has 0 unspecified atom stereocenters. The summed E-state index contributed by atoms with van der Waals surface area (Å²) in [6.07, 6.45) is 4.00. The molecule has 1 saturated heterocycles. The second-order valence-electron chi connectivity index (χ2n) is 11.7. The first kappa shape index (κ1) is 29.0. The number of hydrogen-bond acceptors (Lipinski definition) is 5. The number of allylic oxidation sites excluding steroid dienone is 1. The highest BCUT2D eigenvalue weighted by atomic mass is 16.7. The number of amides is 1. The molecule has 7 nitrogen and oxygen atoms in total. The van der Waals surface area contributed by atoms with Crippen molar-refractivity contribution in [1.29, 1.82) is 0 Å². The number of unbranched alkanes of at least 4 members (excludes halogenated alkanes) is 2. The third kappa shape index (κ3) is 6.67. The molecular weight excluding hydrogens is 468 g/mol. The van der Waals surface area contributed by atoms with Crippen molar-refractivity contribution in [3.8, 4) is 11.5 Å². The zero-order chi connectivity index (χ0) is 27.3. The molecule has 1 aromatic rings. The van der Waals surface area contributed by atoms with Gasteiger partial charge in [0.2, 0.25) is 12.7 Å². The van der Waals surface area contributed by atoms with Crippen molar-refractivity contribution in [2.24, 2.45) is 11.3 Å². The van der Waals surface area contributed by atoms with E-state index >= 15 is 0 Å². The van der Waals surface area contributed by atoms with Crippen molar-refractivity contribution in [1.82, 2.24) is 9.80 Å². The summed E-state index contributed by atoms with van der Waals surface area (Å²) in [5.74, 6) is -0.377. The number of likely N-dealkylation sites (tertiary alicyclic amines) is 1. The first-order valence-electron chi connectivity index (χ1n) is 13.8. The smallest absolute Gasteiger partial charge is 0.309 e. The largest absolute Gasteiger partial charge is 0.481 e. The highest BCUT2D eigenvalue weighted by Crippen LogP contribution is 2.47. The number of carboxylic acid groups (broad SMARTS) is 1. The lowest BCUT2D eigenvalue weighted by Crippen LogP contribution is -2.47. The lowest BCUT2D eigenvalue weighted by atomic mass is 9.73. The van der Waals surface area contributed by atoms with Crippen LogP contribution in [0.2, 0.25) is 0 Å². The number of hydrogen-bond donors (Lipinski definition) is 1. The Hall–Kier alpha value is -2.54. The van der Waals surface area contributed by atoms with Gasteiger partial charge in [0.1, 0.15) is 0 Å². The van der Waals surface area contributed by atoms with Gasteiger partial charge in [0.25, 0.3) is 0 Å². The van der Waals surface area contributed by atoms with Gasteiger partial charge in [-0.3, -0.25) is 14.5 Å².